The second kappa shape index (κ2) is 6.30. The zero-order valence-corrected chi connectivity index (χ0v) is 13.5. The largest absolute Gasteiger partial charge is 0.366 e. The first-order chi connectivity index (χ1) is 9.82. The van der Waals surface area contributed by atoms with Crippen LogP contribution in [0.25, 0.3) is 0 Å². The molecule has 1 aromatic rings. The third kappa shape index (κ3) is 3.73. The zero-order chi connectivity index (χ0) is 15.6. The van der Waals surface area contributed by atoms with E-state index in [4.69, 9.17) is 0 Å². The van der Waals surface area contributed by atoms with Crippen molar-refractivity contribution in [3.8, 4) is 0 Å². The summed E-state index contributed by atoms with van der Waals surface area (Å²) in [7, 11) is 0. The SMILES string of the molecule is CCNCc1cc(F)c(N2CCC(C(C)(C)C)C2)c(F)c1. The van der Waals surface area contributed by atoms with Gasteiger partial charge >= 0.3 is 0 Å². The molecular formula is C17H26F2N2. The van der Waals surface area contributed by atoms with E-state index in [1.54, 1.807) is 0 Å². The number of anilines is 1. The summed E-state index contributed by atoms with van der Waals surface area (Å²) in [6.07, 6.45) is 0.988. The van der Waals surface area contributed by atoms with Gasteiger partial charge in [-0.15, -0.1) is 0 Å². The molecule has 4 heteroatoms. The quantitative estimate of drug-likeness (QED) is 0.905. The van der Waals surface area contributed by atoms with Crippen molar-refractivity contribution < 1.29 is 8.78 Å². The lowest BCUT2D eigenvalue weighted by molar-refractivity contribution is 0.263. The molecule has 1 atom stereocenters. The van der Waals surface area contributed by atoms with Crippen LogP contribution in [0.4, 0.5) is 14.5 Å². The Balaban J connectivity index is 2.18. The number of nitrogens with zero attached hydrogens (tertiary/aromatic N) is 1. The van der Waals surface area contributed by atoms with E-state index in [1.807, 2.05) is 11.8 Å². The molecule has 1 fully saturated rings. The lowest BCUT2D eigenvalue weighted by atomic mass is 9.80. The molecule has 0 aromatic heterocycles. The predicted molar refractivity (Wildman–Crippen MR) is 83.5 cm³/mol. The zero-order valence-electron chi connectivity index (χ0n) is 13.5. The van der Waals surface area contributed by atoms with Gasteiger partial charge in [0.05, 0.1) is 0 Å². The molecule has 2 rings (SSSR count). The molecule has 1 heterocycles. The van der Waals surface area contributed by atoms with Crippen LogP contribution in [-0.4, -0.2) is 19.6 Å². The Morgan fingerprint density at radius 2 is 1.86 bits per heavy atom. The van der Waals surface area contributed by atoms with Gasteiger partial charge in [-0.05, 0) is 42.0 Å². The van der Waals surface area contributed by atoms with E-state index in [-0.39, 0.29) is 11.1 Å². The van der Waals surface area contributed by atoms with E-state index in [1.165, 1.54) is 12.1 Å². The lowest BCUT2D eigenvalue weighted by Gasteiger charge is -2.27. The number of hydrogen-bond donors (Lipinski definition) is 1. The van der Waals surface area contributed by atoms with Crippen LogP contribution in [0.3, 0.4) is 0 Å². The fourth-order valence-corrected chi connectivity index (χ4v) is 2.96. The van der Waals surface area contributed by atoms with Crippen LogP contribution in [0.5, 0.6) is 0 Å². The summed E-state index contributed by atoms with van der Waals surface area (Å²) in [5, 5.41) is 3.09. The Hall–Kier alpha value is -1.16. The molecule has 1 aromatic carbocycles. The van der Waals surface area contributed by atoms with Crippen molar-refractivity contribution >= 4 is 5.69 Å². The standard InChI is InChI=1S/C17H26F2N2/c1-5-20-10-12-8-14(18)16(15(19)9-12)21-7-6-13(11-21)17(2,3)4/h8-9,13,20H,5-7,10-11H2,1-4H3. The molecule has 1 N–H and O–H groups in total. The Morgan fingerprint density at radius 3 is 2.33 bits per heavy atom. The summed E-state index contributed by atoms with van der Waals surface area (Å²) >= 11 is 0. The fourth-order valence-electron chi connectivity index (χ4n) is 2.96. The molecule has 2 nitrogen and oxygen atoms in total. The second-order valence-electron chi connectivity index (χ2n) is 6.99. The van der Waals surface area contributed by atoms with Crippen LogP contribution in [0.1, 0.15) is 39.7 Å². The second-order valence-corrected chi connectivity index (χ2v) is 6.99. The average Bonchev–Trinajstić information content (AvgIpc) is 2.85. The summed E-state index contributed by atoms with van der Waals surface area (Å²) in [6, 6.07) is 2.90. The van der Waals surface area contributed by atoms with Gasteiger partial charge in [-0.3, -0.25) is 0 Å². The maximum atomic E-state index is 14.3. The third-order valence-electron chi connectivity index (χ3n) is 4.39. The first-order valence-corrected chi connectivity index (χ1v) is 7.76. The minimum atomic E-state index is -0.447. The third-order valence-corrected chi connectivity index (χ3v) is 4.39. The molecule has 1 aliphatic rings. The molecule has 0 radical (unpaired) electrons. The van der Waals surface area contributed by atoms with Crippen molar-refractivity contribution in [2.45, 2.75) is 40.7 Å². The predicted octanol–water partition coefficient (Wildman–Crippen LogP) is 3.95. The van der Waals surface area contributed by atoms with E-state index < -0.39 is 11.6 Å². The Labute approximate surface area is 126 Å². The summed E-state index contributed by atoms with van der Waals surface area (Å²) in [6.45, 7) is 11.3. The number of benzene rings is 1. The maximum absolute atomic E-state index is 14.3. The van der Waals surface area contributed by atoms with Gasteiger partial charge in [0, 0.05) is 19.6 Å². The van der Waals surface area contributed by atoms with E-state index in [2.05, 4.69) is 26.1 Å². The highest BCUT2D eigenvalue weighted by atomic mass is 19.1. The fraction of sp³-hybridized carbons (Fsp3) is 0.647. The van der Waals surface area contributed by atoms with Gasteiger partial charge in [0.25, 0.3) is 0 Å². The van der Waals surface area contributed by atoms with Crippen LogP contribution in [0.15, 0.2) is 12.1 Å². The molecule has 0 amide bonds. The van der Waals surface area contributed by atoms with Crippen LogP contribution in [0.2, 0.25) is 0 Å². The van der Waals surface area contributed by atoms with Gasteiger partial charge in [0.1, 0.15) is 17.3 Å². The highest BCUT2D eigenvalue weighted by molar-refractivity contribution is 5.51. The van der Waals surface area contributed by atoms with E-state index in [9.17, 15) is 8.78 Å². The van der Waals surface area contributed by atoms with Gasteiger partial charge in [-0.2, -0.15) is 0 Å². The minimum absolute atomic E-state index is 0.141. The van der Waals surface area contributed by atoms with Crippen LogP contribution in [0, 0.1) is 23.0 Å². The van der Waals surface area contributed by atoms with Crippen molar-refractivity contribution in [2.75, 3.05) is 24.5 Å². The number of hydrogen-bond acceptors (Lipinski definition) is 2. The van der Waals surface area contributed by atoms with Crippen molar-refractivity contribution in [1.82, 2.24) is 5.32 Å². The molecular weight excluding hydrogens is 270 g/mol. The monoisotopic (exact) mass is 296 g/mol. The molecule has 0 bridgehead atoms. The van der Waals surface area contributed by atoms with Crippen LogP contribution < -0.4 is 10.2 Å². The smallest absolute Gasteiger partial charge is 0.149 e. The summed E-state index contributed by atoms with van der Waals surface area (Å²) in [5.41, 5.74) is 0.969. The Kier molecular flexibility index (Phi) is 4.87. The molecule has 21 heavy (non-hydrogen) atoms. The molecule has 0 spiro atoms. The van der Waals surface area contributed by atoms with Gasteiger partial charge < -0.3 is 10.2 Å². The highest BCUT2D eigenvalue weighted by Gasteiger charge is 2.33. The van der Waals surface area contributed by atoms with Crippen LogP contribution >= 0.6 is 0 Å². The maximum Gasteiger partial charge on any atom is 0.149 e. The topological polar surface area (TPSA) is 15.3 Å². The van der Waals surface area contributed by atoms with Gasteiger partial charge in [-0.25, -0.2) is 8.78 Å². The van der Waals surface area contributed by atoms with Crippen LogP contribution in [-0.2, 0) is 6.54 Å². The minimum Gasteiger partial charge on any atom is -0.366 e. The van der Waals surface area contributed by atoms with Gasteiger partial charge in [-0.1, -0.05) is 27.7 Å². The summed E-state index contributed by atoms with van der Waals surface area (Å²) < 4.78 is 28.6. The Morgan fingerprint density at radius 1 is 1.24 bits per heavy atom. The molecule has 1 aliphatic heterocycles. The highest BCUT2D eigenvalue weighted by Crippen LogP contribution is 2.37. The normalized spacial score (nSPS) is 19.3. The van der Waals surface area contributed by atoms with Crippen molar-refractivity contribution in [1.29, 1.82) is 0 Å². The van der Waals surface area contributed by atoms with Crippen molar-refractivity contribution in [3.05, 3.63) is 29.3 Å². The number of rotatable bonds is 4. The lowest BCUT2D eigenvalue weighted by Crippen LogP contribution is -2.27. The van der Waals surface area contributed by atoms with E-state index in [0.717, 1.165) is 26.1 Å². The molecule has 118 valence electrons. The number of halogens is 2. The van der Waals surface area contributed by atoms with Gasteiger partial charge in [0.2, 0.25) is 0 Å². The summed E-state index contributed by atoms with van der Waals surface area (Å²) in [5.74, 6) is -0.423. The van der Waals surface area contributed by atoms with E-state index in [0.29, 0.717) is 18.0 Å². The molecule has 0 aliphatic carbocycles. The number of nitrogens with one attached hydrogen (secondary N) is 1. The first-order valence-electron chi connectivity index (χ1n) is 7.76. The summed E-state index contributed by atoms with van der Waals surface area (Å²) in [4.78, 5) is 1.86. The van der Waals surface area contributed by atoms with Crippen molar-refractivity contribution in [2.24, 2.45) is 11.3 Å². The first kappa shape index (κ1) is 16.2. The Bertz CT molecular complexity index is 471. The molecule has 1 unspecified atom stereocenters. The van der Waals surface area contributed by atoms with Gasteiger partial charge in [0.15, 0.2) is 0 Å². The molecule has 0 saturated carbocycles. The van der Waals surface area contributed by atoms with Crippen molar-refractivity contribution in [3.63, 3.8) is 0 Å². The molecule has 1 saturated heterocycles. The van der Waals surface area contributed by atoms with E-state index >= 15 is 0 Å². The average molecular weight is 296 g/mol.